The lowest BCUT2D eigenvalue weighted by atomic mass is 9.85. The van der Waals surface area contributed by atoms with Gasteiger partial charge in [0.1, 0.15) is 0 Å². The molecule has 1 unspecified atom stereocenters. The normalized spacial score (nSPS) is 16.7. The zero-order chi connectivity index (χ0) is 7.65. The van der Waals surface area contributed by atoms with Gasteiger partial charge in [-0.2, -0.15) is 0 Å². The van der Waals surface area contributed by atoms with Crippen LogP contribution < -0.4 is 0 Å². The summed E-state index contributed by atoms with van der Waals surface area (Å²) in [5, 5.41) is 0. The maximum absolute atomic E-state index is 2.32. The molecule has 0 aromatic rings. The van der Waals surface area contributed by atoms with E-state index in [0.29, 0.717) is 5.41 Å². The summed E-state index contributed by atoms with van der Waals surface area (Å²) in [7, 11) is 1.30. The fourth-order valence-electron chi connectivity index (χ4n) is 0.866. The number of rotatable bonds is 1. The molecule has 1 radical (unpaired) electrons. The third-order valence-electron chi connectivity index (χ3n) is 2.17. The van der Waals surface area contributed by atoms with Gasteiger partial charge in [-0.25, -0.2) is 0 Å². The fraction of sp³-hybridized carbons (Fsp3) is 0.875. The van der Waals surface area contributed by atoms with E-state index in [4.69, 9.17) is 0 Å². The Morgan fingerprint density at radius 3 is 1.56 bits per heavy atom. The van der Waals surface area contributed by atoms with Gasteiger partial charge in [-0.3, -0.25) is 0 Å². The highest BCUT2D eigenvalue weighted by Crippen LogP contribution is 2.35. The van der Waals surface area contributed by atoms with E-state index in [2.05, 4.69) is 34.6 Å². The van der Waals surface area contributed by atoms with Gasteiger partial charge in [-0.1, -0.05) is 34.6 Å². The average molecular weight is 143 g/mol. The molecule has 0 aliphatic heterocycles. The van der Waals surface area contributed by atoms with Crippen LogP contribution in [-0.4, -0.2) is 10.2 Å². The van der Waals surface area contributed by atoms with E-state index in [1.807, 2.05) is 0 Å². The minimum atomic E-state index is 0.505. The van der Waals surface area contributed by atoms with Crippen molar-refractivity contribution >= 4 is 10.2 Å². The monoisotopic (exact) mass is 143 g/mol. The number of hydrogen-bond acceptors (Lipinski definition) is 0. The van der Waals surface area contributed by atoms with Crippen LogP contribution in [0.1, 0.15) is 34.6 Å². The van der Waals surface area contributed by atoms with E-state index in [9.17, 15) is 0 Å². The molecule has 0 saturated heterocycles. The Hall–Kier alpha value is 0.217. The smallest absolute Gasteiger partial charge is 0.00810 e. The summed E-state index contributed by atoms with van der Waals surface area (Å²) in [5.41, 5.74) is 1.38. The van der Waals surface area contributed by atoms with Crippen LogP contribution in [0, 0.1) is 11.3 Å². The van der Waals surface area contributed by atoms with Crippen LogP contribution in [0.2, 0.25) is 5.54 Å². The summed E-state index contributed by atoms with van der Waals surface area (Å²) >= 11 is 0. The molecular weight excluding hydrogens is 124 g/mol. The number of hydrogen-bond donors (Lipinski definition) is 0. The Labute approximate surface area is 62.5 Å². The van der Waals surface area contributed by atoms with E-state index < -0.39 is 0 Å². The lowest BCUT2D eigenvalue weighted by molar-refractivity contribution is 0.389. The maximum Gasteiger partial charge on any atom is 0.00810 e. The molecule has 1 atom stereocenters. The minimum Gasteiger partial charge on any atom is -0.0602 e. The highest BCUT2D eigenvalue weighted by atomic mass is 28.1. The van der Waals surface area contributed by atoms with Gasteiger partial charge in [0.2, 0.25) is 0 Å². The second kappa shape index (κ2) is 2.87. The van der Waals surface area contributed by atoms with Crippen LogP contribution >= 0.6 is 0 Å². The molecule has 9 heavy (non-hydrogen) atoms. The largest absolute Gasteiger partial charge is 0.0602 e. The Bertz CT molecular complexity index is 79.1. The second-order valence-electron chi connectivity index (χ2n) is 4.17. The zero-order valence-electron chi connectivity index (χ0n) is 7.58. The first-order valence-electron chi connectivity index (χ1n) is 3.65. The molecule has 0 heterocycles. The third-order valence-corrected chi connectivity index (χ3v) is 5.05. The molecular formula is C8H19Si. The van der Waals surface area contributed by atoms with E-state index in [1.54, 1.807) is 5.92 Å². The van der Waals surface area contributed by atoms with Gasteiger partial charge in [-0.15, -0.1) is 0 Å². The maximum atomic E-state index is 2.32. The molecule has 0 N–H and O–H groups in total. The van der Waals surface area contributed by atoms with E-state index >= 15 is 0 Å². The zero-order valence-corrected chi connectivity index (χ0v) is 9.58. The molecule has 0 nitrogen and oxygen atoms in total. The molecule has 55 valence electrons. The Morgan fingerprint density at radius 1 is 1.22 bits per heavy atom. The van der Waals surface area contributed by atoms with Gasteiger partial charge in [0.05, 0.1) is 0 Å². The first-order valence-corrected chi connectivity index (χ1v) is 4.81. The van der Waals surface area contributed by atoms with Crippen LogP contribution in [0.25, 0.3) is 0 Å². The van der Waals surface area contributed by atoms with Gasteiger partial charge in [-0.05, 0) is 16.9 Å². The fourth-order valence-corrected chi connectivity index (χ4v) is 0.866. The van der Waals surface area contributed by atoms with Crippen molar-refractivity contribution in [3.63, 3.8) is 0 Å². The van der Waals surface area contributed by atoms with Crippen molar-refractivity contribution in [1.29, 1.82) is 0 Å². The molecule has 0 fully saturated rings. The molecule has 1 heteroatoms. The molecule has 0 spiro atoms. The van der Waals surface area contributed by atoms with Crippen LogP contribution in [-0.2, 0) is 0 Å². The van der Waals surface area contributed by atoms with Crippen molar-refractivity contribution in [2.75, 3.05) is 0 Å². The average Bonchev–Trinajstić information content (AvgIpc) is 1.62. The summed E-state index contributed by atoms with van der Waals surface area (Å²) in [4.78, 5) is 0. The Balaban J connectivity index is 3.88. The minimum absolute atomic E-state index is 0.505. The van der Waals surface area contributed by atoms with Crippen molar-refractivity contribution in [2.24, 2.45) is 5.41 Å². The van der Waals surface area contributed by atoms with E-state index in [-0.39, 0.29) is 0 Å². The van der Waals surface area contributed by atoms with E-state index in [1.165, 1.54) is 10.2 Å². The Morgan fingerprint density at radius 2 is 1.56 bits per heavy atom. The highest BCUT2D eigenvalue weighted by molar-refractivity contribution is 6.13. The van der Waals surface area contributed by atoms with Gasteiger partial charge in [0, 0.05) is 10.2 Å². The lowest BCUT2D eigenvalue weighted by Crippen LogP contribution is -2.18. The SMILES string of the molecule is C[C](C)C([SiH3])C(C)(C)C. The summed E-state index contributed by atoms with van der Waals surface area (Å²) < 4.78 is 0. The highest BCUT2D eigenvalue weighted by Gasteiger charge is 2.22. The van der Waals surface area contributed by atoms with Crippen LogP contribution in [0.5, 0.6) is 0 Å². The predicted octanol–water partition coefficient (Wildman–Crippen LogP) is 1.80. The first-order chi connectivity index (χ1) is 3.85. The molecule has 0 bridgehead atoms. The molecule has 0 aliphatic carbocycles. The molecule has 0 saturated carbocycles. The lowest BCUT2D eigenvalue weighted by Gasteiger charge is -2.30. The van der Waals surface area contributed by atoms with Crippen molar-refractivity contribution in [2.45, 2.75) is 40.2 Å². The second-order valence-corrected chi connectivity index (χ2v) is 5.32. The van der Waals surface area contributed by atoms with Crippen molar-refractivity contribution in [3.05, 3.63) is 5.92 Å². The van der Waals surface area contributed by atoms with Crippen molar-refractivity contribution in [3.8, 4) is 0 Å². The van der Waals surface area contributed by atoms with Gasteiger partial charge in [0.15, 0.2) is 0 Å². The summed E-state index contributed by atoms with van der Waals surface area (Å²) in [5.74, 6) is 1.59. The molecule has 0 aromatic carbocycles. The van der Waals surface area contributed by atoms with Gasteiger partial charge in [0.25, 0.3) is 0 Å². The molecule has 0 amide bonds. The predicted molar refractivity (Wildman–Crippen MR) is 47.7 cm³/mol. The van der Waals surface area contributed by atoms with Gasteiger partial charge >= 0.3 is 0 Å². The first kappa shape index (κ1) is 9.22. The van der Waals surface area contributed by atoms with Gasteiger partial charge < -0.3 is 0 Å². The Kier molecular flexibility index (Phi) is 2.94. The standard InChI is InChI=1S/C8H19Si/c1-6(2)7(9)8(3,4)5/h7H,1-5,9H3. The van der Waals surface area contributed by atoms with Crippen molar-refractivity contribution in [1.82, 2.24) is 0 Å². The topological polar surface area (TPSA) is 0 Å². The molecule has 0 aromatic heterocycles. The van der Waals surface area contributed by atoms with Crippen LogP contribution in [0.15, 0.2) is 0 Å². The van der Waals surface area contributed by atoms with Crippen molar-refractivity contribution < 1.29 is 0 Å². The summed E-state index contributed by atoms with van der Waals surface area (Å²) in [6, 6.07) is 0. The third kappa shape index (κ3) is 3.04. The molecule has 0 rings (SSSR count). The van der Waals surface area contributed by atoms with Crippen LogP contribution in [0.3, 0.4) is 0 Å². The quantitative estimate of drug-likeness (QED) is 0.491. The summed E-state index contributed by atoms with van der Waals surface area (Å²) in [6.45, 7) is 11.4. The summed E-state index contributed by atoms with van der Waals surface area (Å²) in [6.07, 6.45) is 0. The van der Waals surface area contributed by atoms with Crippen LogP contribution in [0.4, 0.5) is 0 Å². The van der Waals surface area contributed by atoms with E-state index in [0.717, 1.165) is 5.54 Å². The molecule has 0 aliphatic rings.